The third kappa shape index (κ3) is 4.32. The molecule has 1 heterocycles. The van der Waals surface area contributed by atoms with Crippen molar-refractivity contribution in [3.63, 3.8) is 0 Å². The Morgan fingerprint density at radius 2 is 2.16 bits per heavy atom. The van der Waals surface area contributed by atoms with E-state index in [9.17, 15) is 4.79 Å². The third-order valence-corrected chi connectivity index (χ3v) is 3.84. The van der Waals surface area contributed by atoms with Crippen LogP contribution in [0.15, 0.2) is 18.2 Å². The first kappa shape index (κ1) is 14.5. The second-order valence-corrected chi connectivity index (χ2v) is 5.42. The van der Waals surface area contributed by atoms with Gasteiger partial charge in [0.15, 0.2) is 0 Å². The molecule has 19 heavy (non-hydrogen) atoms. The van der Waals surface area contributed by atoms with Gasteiger partial charge in [0.25, 0.3) is 0 Å². The van der Waals surface area contributed by atoms with Crippen molar-refractivity contribution in [2.24, 2.45) is 0 Å². The fraction of sp³-hybridized carbons (Fsp3) is 0.462. The maximum Gasteiger partial charge on any atom is 0.335 e. The van der Waals surface area contributed by atoms with Gasteiger partial charge in [-0.05, 0) is 40.8 Å². The quantitative estimate of drug-likeness (QED) is 0.792. The molecule has 5 nitrogen and oxygen atoms in total. The highest BCUT2D eigenvalue weighted by Gasteiger charge is 2.11. The van der Waals surface area contributed by atoms with Gasteiger partial charge in [-0.15, -0.1) is 0 Å². The summed E-state index contributed by atoms with van der Waals surface area (Å²) in [6.07, 6.45) is 0. The molecule has 1 N–H and O–H groups in total. The fourth-order valence-corrected chi connectivity index (χ4v) is 2.35. The highest BCUT2D eigenvalue weighted by Crippen LogP contribution is 2.22. The van der Waals surface area contributed by atoms with Gasteiger partial charge in [-0.1, -0.05) is 0 Å². The molecule has 0 radical (unpaired) electrons. The van der Waals surface area contributed by atoms with E-state index in [0.717, 1.165) is 36.4 Å². The van der Waals surface area contributed by atoms with Gasteiger partial charge in [-0.25, -0.2) is 4.79 Å². The van der Waals surface area contributed by atoms with E-state index in [1.165, 1.54) is 0 Å². The van der Waals surface area contributed by atoms with E-state index < -0.39 is 5.97 Å². The highest BCUT2D eigenvalue weighted by molar-refractivity contribution is 14.1. The van der Waals surface area contributed by atoms with Crippen molar-refractivity contribution in [1.82, 2.24) is 4.90 Å². The van der Waals surface area contributed by atoms with Crippen LogP contribution in [0.25, 0.3) is 0 Å². The van der Waals surface area contributed by atoms with Crippen LogP contribution in [0.4, 0.5) is 0 Å². The van der Waals surface area contributed by atoms with Crippen LogP contribution in [0.1, 0.15) is 10.4 Å². The van der Waals surface area contributed by atoms with Gasteiger partial charge in [0.2, 0.25) is 0 Å². The van der Waals surface area contributed by atoms with Crippen molar-refractivity contribution >= 4 is 28.6 Å². The number of carbonyl (C=O) groups is 1. The van der Waals surface area contributed by atoms with E-state index in [2.05, 4.69) is 27.5 Å². The maximum absolute atomic E-state index is 10.9. The van der Waals surface area contributed by atoms with Crippen molar-refractivity contribution in [3.05, 3.63) is 27.3 Å². The molecule has 1 aromatic rings. The molecule has 1 aromatic carbocycles. The van der Waals surface area contributed by atoms with Crippen molar-refractivity contribution in [2.75, 3.05) is 39.5 Å². The molecule has 104 valence electrons. The van der Waals surface area contributed by atoms with E-state index in [-0.39, 0.29) is 5.56 Å². The number of nitrogens with zero attached hydrogens (tertiary/aromatic N) is 1. The molecule has 0 amide bonds. The average Bonchev–Trinajstić information content (AvgIpc) is 2.42. The van der Waals surface area contributed by atoms with E-state index >= 15 is 0 Å². The van der Waals surface area contributed by atoms with Crippen LogP contribution in [-0.4, -0.2) is 55.4 Å². The highest BCUT2D eigenvalue weighted by atomic mass is 127. The number of ether oxygens (including phenoxy) is 2. The van der Waals surface area contributed by atoms with Crippen LogP contribution in [0, 0.1) is 3.57 Å². The van der Waals surface area contributed by atoms with Crippen molar-refractivity contribution in [3.8, 4) is 5.75 Å². The summed E-state index contributed by atoms with van der Waals surface area (Å²) in [7, 11) is 0. The van der Waals surface area contributed by atoms with E-state index in [1.807, 2.05) is 0 Å². The SMILES string of the molecule is O=C(O)c1ccc(I)c(OCCN2CCOCC2)c1. The fourth-order valence-electron chi connectivity index (χ4n) is 1.86. The molecule has 2 rings (SSSR count). The van der Waals surface area contributed by atoms with Crippen LogP contribution >= 0.6 is 22.6 Å². The molecule has 0 aromatic heterocycles. The molecule has 0 saturated carbocycles. The van der Waals surface area contributed by atoms with Gasteiger partial charge >= 0.3 is 5.97 Å². The van der Waals surface area contributed by atoms with Crippen LogP contribution in [0.2, 0.25) is 0 Å². The molecule has 0 bridgehead atoms. The van der Waals surface area contributed by atoms with Gasteiger partial charge in [-0.2, -0.15) is 0 Å². The monoisotopic (exact) mass is 377 g/mol. The minimum Gasteiger partial charge on any atom is -0.491 e. The lowest BCUT2D eigenvalue weighted by molar-refractivity contribution is 0.0322. The van der Waals surface area contributed by atoms with Crippen molar-refractivity contribution in [2.45, 2.75) is 0 Å². The number of morpholine rings is 1. The Morgan fingerprint density at radius 3 is 2.84 bits per heavy atom. The molecule has 6 heteroatoms. The zero-order valence-corrected chi connectivity index (χ0v) is 12.6. The van der Waals surface area contributed by atoms with Crippen LogP contribution in [0.5, 0.6) is 5.75 Å². The predicted octanol–water partition coefficient (Wildman–Crippen LogP) is 1.70. The summed E-state index contributed by atoms with van der Waals surface area (Å²) in [4.78, 5) is 13.2. The Morgan fingerprint density at radius 1 is 1.42 bits per heavy atom. The zero-order valence-electron chi connectivity index (χ0n) is 10.5. The lowest BCUT2D eigenvalue weighted by Crippen LogP contribution is -2.38. The van der Waals surface area contributed by atoms with Crippen LogP contribution in [0.3, 0.4) is 0 Å². The van der Waals surface area contributed by atoms with Gasteiger partial charge in [-0.3, -0.25) is 4.90 Å². The summed E-state index contributed by atoms with van der Waals surface area (Å²) < 4.78 is 11.9. The maximum atomic E-state index is 10.9. The second-order valence-electron chi connectivity index (χ2n) is 4.25. The van der Waals surface area contributed by atoms with Gasteiger partial charge < -0.3 is 14.6 Å². The predicted molar refractivity (Wildman–Crippen MR) is 78.9 cm³/mol. The lowest BCUT2D eigenvalue weighted by atomic mass is 10.2. The second kappa shape index (κ2) is 7.06. The Bertz CT molecular complexity index is 446. The molecule has 1 saturated heterocycles. The largest absolute Gasteiger partial charge is 0.491 e. The number of hydrogen-bond acceptors (Lipinski definition) is 4. The number of rotatable bonds is 5. The summed E-state index contributed by atoms with van der Waals surface area (Å²) in [5, 5.41) is 8.95. The van der Waals surface area contributed by atoms with Gasteiger partial charge in [0.05, 0.1) is 22.3 Å². The molecule has 0 spiro atoms. The summed E-state index contributed by atoms with van der Waals surface area (Å²) in [6, 6.07) is 4.91. The molecule has 0 atom stereocenters. The Labute approximate surface area is 125 Å². The molecular weight excluding hydrogens is 361 g/mol. The third-order valence-electron chi connectivity index (χ3n) is 2.95. The average molecular weight is 377 g/mol. The molecular formula is C13H16INO4. The first-order chi connectivity index (χ1) is 9.16. The molecule has 1 aliphatic heterocycles. The van der Waals surface area contributed by atoms with Crippen molar-refractivity contribution < 1.29 is 19.4 Å². The Kier molecular flexibility index (Phi) is 5.41. The number of halogens is 1. The van der Waals surface area contributed by atoms with Crippen molar-refractivity contribution in [1.29, 1.82) is 0 Å². The number of carboxylic acid groups (broad SMARTS) is 1. The van der Waals surface area contributed by atoms with Gasteiger partial charge in [0.1, 0.15) is 12.4 Å². The smallest absolute Gasteiger partial charge is 0.335 e. The number of carboxylic acids is 1. The molecule has 0 aliphatic carbocycles. The standard InChI is InChI=1S/C13H16INO4/c14-11-2-1-10(13(16)17)9-12(11)19-8-5-15-3-6-18-7-4-15/h1-2,9H,3-8H2,(H,16,17). The first-order valence-electron chi connectivity index (χ1n) is 6.12. The van der Waals surface area contributed by atoms with Crippen LogP contribution in [-0.2, 0) is 4.74 Å². The van der Waals surface area contributed by atoms with E-state index in [1.54, 1.807) is 18.2 Å². The summed E-state index contributed by atoms with van der Waals surface area (Å²) in [5.74, 6) is -0.303. The zero-order chi connectivity index (χ0) is 13.7. The number of benzene rings is 1. The minimum absolute atomic E-state index is 0.252. The number of aromatic carboxylic acids is 1. The van der Waals surface area contributed by atoms with Crippen LogP contribution < -0.4 is 4.74 Å². The normalized spacial score (nSPS) is 16.3. The van der Waals surface area contributed by atoms with Gasteiger partial charge in [0, 0.05) is 19.6 Å². The minimum atomic E-state index is -0.936. The van der Waals surface area contributed by atoms with E-state index in [0.29, 0.717) is 12.4 Å². The summed E-state index contributed by atoms with van der Waals surface area (Å²) >= 11 is 2.14. The lowest BCUT2D eigenvalue weighted by Gasteiger charge is -2.26. The Balaban J connectivity index is 1.87. The molecule has 0 unspecified atom stereocenters. The molecule has 1 fully saturated rings. The molecule has 1 aliphatic rings. The Hall–Kier alpha value is -0.860. The topological polar surface area (TPSA) is 59.0 Å². The first-order valence-corrected chi connectivity index (χ1v) is 7.20. The summed E-state index contributed by atoms with van der Waals surface area (Å²) in [5.41, 5.74) is 0.252. The number of hydrogen-bond donors (Lipinski definition) is 1. The summed E-state index contributed by atoms with van der Waals surface area (Å²) in [6.45, 7) is 4.78. The van der Waals surface area contributed by atoms with E-state index in [4.69, 9.17) is 14.6 Å².